The SMILES string of the molecule is CC[C@@H](C[C@H](N)C(=O)NC1(C(=O)NS(=O)(=O)C2CC2)CC1)Oc1cc(C(F)(F)F)nc2ccccc12. The van der Waals surface area contributed by atoms with Crippen LogP contribution in [0.2, 0.25) is 0 Å². The summed E-state index contributed by atoms with van der Waals surface area (Å²) in [4.78, 5) is 28.9. The molecule has 4 rings (SSSR count). The van der Waals surface area contributed by atoms with Crippen molar-refractivity contribution < 1.29 is 35.9 Å². The third kappa shape index (κ3) is 5.72. The minimum Gasteiger partial charge on any atom is -0.490 e. The highest BCUT2D eigenvalue weighted by atomic mass is 32.2. The fourth-order valence-electron chi connectivity index (χ4n) is 3.81. The fraction of sp³-hybridized carbons (Fsp3) is 0.522. The average Bonchev–Trinajstić information content (AvgIpc) is 3.72. The molecule has 1 heterocycles. The number of aromatic nitrogens is 1. The van der Waals surface area contributed by atoms with E-state index in [1.54, 1.807) is 25.1 Å². The van der Waals surface area contributed by atoms with Gasteiger partial charge in [0.1, 0.15) is 23.1 Å². The van der Waals surface area contributed by atoms with Crippen LogP contribution in [0.25, 0.3) is 10.9 Å². The molecule has 0 saturated heterocycles. The van der Waals surface area contributed by atoms with Crippen molar-refractivity contribution in [2.24, 2.45) is 5.73 Å². The van der Waals surface area contributed by atoms with Crippen LogP contribution in [0.5, 0.6) is 5.75 Å². The topological polar surface area (TPSA) is 140 Å². The van der Waals surface area contributed by atoms with Gasteiger partial charge in [0.05, 0.1) is 16.8 Å². The third-order valence-corrected chi connectivity index (χ3v) is 8.14. The Labute approximate surface area is 206 Å². The van der Waals surface area contributed by atoms with Crippen LogP contribution in [-0.2, 0) is 25.8 Å². The summed E-state index contributed by atoms with van der Waals surface area (Å²) < 4.78 is 72.1. The van der Waals surface area contributed by atoms with E-state index < -0.39 is 56.6 Å². The molecule has 2 atom stereocenters. The van der Waals surface area contributed by atoms with Gasteiger partial charge in [-0.1, -0.05) is 19.1 Å². The van der Waals surface area contributed by atoms with Crippen LogP contribution in [0.15, 0.2) is 30.3 Å². The van der Waals surface area contributed by atoms with Crippen molar-refractivity contribution in [3.63, 3.8) is 0 Å². The Bertz CT molecular complexity index is 1280. The van der Waals surface area contributed by atoms with Gasteiger partial charge in [0.15, 0.2) is 0 Å². The van der Waals surface area contributed by atoms with Crippen LogP contribution in [0.1, 0.15) is 51.1 Å². The standard InChI is InChI=1S/C23H27F3N4O5S/c1-2-13(35-18-12-19(23(24,25)26)28-17-6-4-3-5-15(17)18)11-16(27)20(31)29-22(9-10-22)21(32)30-36(33,34)14-7-8-14/h3-6,12-14,16H,2,7-11,27H2,1H3,(H,29,31)(H,30,32)/t13-,16-/m0/s1. The molecule has 36 heavy (non-hydrogen) atoms. The van der Waals surface area contributed by atoms with E-state index >= 15 is 0 Å². The molecule has 2 aliphatic carbocycles. The number of para-hydroxylation sites is 1. The van der Waals surface area contributed by atoms with Crippen LogP contribution >= 0.6 is 0 Å². The molecule has 0 radical (unpaired) electrons. The first-order chi connectivity index (χ1) is 16.8. The van der Waals surface area contributed by atoms with E-state index in [-0.39, 0.29) is 30.5 Å². The first-order valence-electron chi connectivity index (χ1n) is 11.6. The van der Waals surface area contributed by atoms with E-state index in [2.05, 4.69) is 10.3 Å². The van der Waals surface area contributed by atoms with Gasteiger partial charge >= 0.3 is 6.18 Å². The molecule has 13 heteroatoms. The molecule has 4 N–H and O–H groups in total. The lowest BCUT2D eigenvalue weighted by Gasteiger charge is -2.24. The molecule has 9 nitrogen and oxygen atoms in total. The predicted molar refractivity (Wildman–Crippen MR) is 124 cm³/mol. The van der Waals surface area contributed by atoms with Crippen LogP contribution in [-0.4, -0.2) is 48.2 Å². The Balaban J connectivity index is 1.43. The van der Waals surface area contributed by atoms with Crippen molar-refractivity contribution in [1.82, 2.24) is 15.0 Å². The van der Waals surface area contributed by atoms with Crippen molar-refractivity contribution in [3.05, 3.63) is 36.0 Å². The number of nitrogens with one attached hydrogen (secondary N) is 2. The molecule has 2 amide bonds. The number of nitrogens with two attached hydrogens (primary N) is 1. The second-order valence-electron chi connectivity index (χ2n) is 9.26. The summed E-state index contributed by atoms with van der Waals surface area (Å²) in [5, 5.41) is 2.34. The number of nitrogens with zero attached hydrogens (tertiary/aromatic N) is 1. The molecule has 0 bridgehead atoms. The van der Waals surface area contributed by atoms with Crippen LogP contribution < -0.4 is 20.5 Å². The molecule has 1 aromatic heterocycles. The van der Waals surface area contributed by atoms with Gasteiger partial charge < -0.3 is 15.8 Å². The lowest BCUT2D eigenvalue weighted by molar-refractivity contribution is -0.141. The Morgan fingerprint density at radius 2 is 1.92 bits per heavy atom. The largest absolute Gasteiger partial charge is 0.490 e. The summed E-state index contributed by atoms with van der Waals surface area (Å²) in [5.41, 5.74) is 3.73. The first-order valence-corrected chi connectivity index (χ1v) is 13.2. The molecule has 2 aromatic rings. The van der Waals surface area contributed by atoms with Gasteiger partial charge in [-0.3, -0.25) is 14.3 Å². The van der Waals surface area contributed by atoms with E-state index in [0.29, 0.717) is 24.6 Å². The zero-order valence-electron chi connectivity index (χ0n) is 19.5. The first kappa shape index (κ1) is 26.1. The highest BCUT2D eigenvalue weighted by molar-refractivity contribution is 7.91. The third-order valence-electron chi connectivity index (χ3n) is 6.32. The number of amides is 2. The number of ether oxygens (including phenoxy) is 1. The van der Waals surface area contributed by atoms with E-state index in [1.807, 2.05) is 4.72 Å². The number of carbonyl (C=O) groups excluding carboxylic acids is 2. The van der Waals surface area contributed by atoms with Gasteiger partial charge in [-0.15, -0.1) is 0 Å². The molecule has 2 saturated carbocycles. The summed E-state index contributed by atoms with van der Waals surface area (Å²) in [6.45, 7) is 1.74. The second kappa shape index (κ2) is 9.51. The number of fused-ring (bicyclic) bond motifs is 1. The molecule has 2 fully saturated rings. The normalized spacial score (nSPS) is 18.8. The number of sulfonamides is 1. The summed E-state index contributed by atoms with van der Waals surface area (Å²) in [6, 6.07) is 5.92. The van der Waals surface area contributed by atoms with E-state index in [1.165, 1.54) is 6.07 Å². The number of rotatable bonds is 10. The van der Waals surface area contributed by atoms with Crippen molar-refractivity contribution in [3.8, 4) is 5.75 Å². The molecular formula is C23H27F3N4O5S. The maximum atomic E-state index is 13.3. The molecule has 196 valence electrons. The zero-order chi connectivity index (χ0) is 26.3. The smallest absolute Gasteiger partial charge is 0.433 e. The van der Waals surface area contributed by atoms with Gasteiger partial charge in [-0.25, -0.2) is 13.4 Å². The Hall–Kier alpha value is -2.93. The summed E-state index contributed by atoms with van der Waals surface area (Å²) >= 11 is 0. The number of pyridine rings is 1. The van der Waals surface area contributed by atoms with Crippen molar-refractivity contribution in [1.29, 1.82) is 0 Å². The number of carbonyl (C=O) groups is 2. The summed E-state index contributed by atoms with van der Waals surface area (Å²) in [6.07, 6.45) is -3.57. The van der Waals surface area contributed by atoms with Crippen molar-refractivity contribution in [2.75, 3.05) is 0 Å². The van der Waals surface area contributed by atoms with Gasteiger partial charge in [0, 0.05) is 17.9 Å². The molecule has 0 unspecified atom stereocenters. The average molecular weight is 529 g/mol. The molecule has 1 aromatic carbocycles. The van der Waals surface area contributed by atoms with E-state index in [4.69, 9.17) is 10.5 Å². The highest BCUT2D eigenvalue weighted by Crippen LogP contribution is 2.37. The van der Waals surface area contributed by atoms with Crippen molar-refractivity contribution >= 4 is 32.7 Å². The Morgan fingerprint density at radius 1 is 1.25 bits per heavy atom. The fourth-order valence-corrected chi connectivity index (χ4v) is 5.18. The number of hydrogen-bond acceptors (Lipinski definition) is 7. The Kier molecular flexibility index (Phi) is 6.90. The summed E-state index contributed by atoms with van der Waals surface area (Å²) in [7, 11) is -3.76. The number of halogens is 3. The van der Waals surface area contributed by atoms with Gasteiger partial charge in [0.25, 0.3) is 5.91 Å². The number of hydrogen-bond donors (Lipinski definition) is 3. The lowest BCUT2D eigenvalue weighted by Crippen LogP contribution is -2.55. The van der Waals surface area contributed by atoms with Gasteiger partial charge in [0.2, 0.25) is 15.9 Å². The molecular weight excluding hydrogens is 501 g/mol. The molecule has 0 spiro atoms. The Morgan fingerprint density at radius 3 is 2.50 bits per heavy atom. The maximum absolute atomic E-state index is 13.3. The molecule has 0 aliphatic heterocycles. The number of benzene rings is 1. The zero-order valence-corrected chi connectivity index (χ0v) is 20.3. The maximum Gasteiger partial charge on any atom is 0.433 e. The van der Waals surface area contributed by atoms with E-state index in [9.17, 15) is 31.2 Å². The van der Waals surface area contributed by atoms with Gasteiger partial charge in [-0.2, -0.15) is 13.2 Å². The molecule has 2 aliphatic rings. The second-order valence-corrected chi connectivity index (χ2v) is 11.2. The predicted octanol–water partition coefficient (Wildman–Crippen LogP) is 2.39. The van der Waals surface area contributed by atoms with Crippen molar-refractivity contribution in [2.45, 2.75) is 74.6 Å². The van der Waals surface area contributed by atoms with Crippen LogP contribution in [0, 0.1) is 0 Å². The minimum atomic E-state index is -4.67. The minimum absolute atomic E-state index is 0.0318. The van der Waals surface area contributed by atoms with Gasteiger partial charge in [-0.05, 0) is 44.2 Å². The summed E-state index contributed by atoms with van der Waals surface area (Å²) in [5.74, 6) is -1.50. The monoisotopic (exact) mass is 528 g/mol. The number of alkyl halides is 3. The quantitative estimate of drug-likeness (QED) is 0.430. The van der Waals surface area contributed by atoms with Crippen LogP contribution in [0.3, 0.4) is 0 Å². The van der Waals surface area contributed by atoms with E-state index in [0.717, 1.165) is 6.07 Å². The highest BCUT2D eigenvalue weighted by Gasteiger charge is 2.53. The lowest BCUT2D eigenvalue weighted by atomic mass is 10.1. The van der Waals surface area contributed by atoms with Crippen LogP contribution in [0.4, 0.5) is 13.2 Å².